The summed E-state index contributed by atoms with van der Waals surface area (Å²) in [6.07, 6.45) is 7.47. The van der Waals surface area contributed by atoms with Crippen molar-refractivity contribution in [2.75, 3.05) is 0 Å². The quantitative estimate of drug-likeness (QED) is 0.746. The third-order valence-corrected chi connectivity index (χ3v) is 7.16. The van der Waals surface area contributed by atoms with E-state index in [9.17, 15) is 9.59 Å². The zero-order chi connectivity index (χ0) is 19.2. The van der Waals surface area contributed by atoms with E-state index in [-0.39, 0.29) is 29.6 Å². The zero-order valence-corrected chi connectivity index (χ0v) is 16.7. The van der Waals surface area contributed by atoms with Crippen LogP contribution in [0.4, 0.5) is 0 Å². The van der Waals surface area contributed by atoms with Crippen LogP contribution in [0.3, 0.4) is 0 Å². The van der Waals surface area contributed by atoms with Crippen molar-refractivity contribution >= 4 is 11.9 Å². The third-order valence-electron chi connectivity index (χ3n) is 7.16. The lowest BCUT2D eigenvalue weighted by Crippen LogP contribution is -2.38. The molecule has 0 bridgehead atoms. The van der Waals surface area contributed by atoms with Crippen molar-refractivity contribution in [2.24, 2.45) is 5.41 Å². The van der Waals surface area contributed by atoms with E-state index in [1.165, 1.54) is 29.2 Å². The second-order valence-electron chi connectivity index (χ2n) is 8.71. The highest BCUT2D eigenvalue weighted by Gasteiger charge is 2.51. The van der Waals surface area contributed by atoms with Crippen molar-refractivity contribution < 1.29 is 19.1 Å². The lowest BCUT2D eigenvalue weighted by atomic mass is 9.64. The third kappa shape index (κ3) is 3.17. The first-order chi connectivity index (χ1) is 12.9. The van der Waals surface area contributed by atoms with Crippen molar-refractivity contribution in [3.8, 4) is 0 Å². The van der Waals surface area contributed by atoms with Crippen LogP contribution in [0.25, 0.3) is 0 Å². The molecule has 0 N–H and O–H groups in total. The minimum Gasteiger partial charge on any atom is -0.462 e. The monoisotopic (exact) mass is 370 g/mol. The van der Waals surface area contributed by atoms with Gasteiger partial charge in [-0.05, 0) is 66.7 Å². The van der Waals surface area contributed by atoms with Crippen LogP contribution in [0.2, 0.25) is 0 Å². The summed E-state index contributed by atoms with van der Waals surface area (Å²) in [7, 11) is 0. The molecule has 1 saturated carbocycles. The maximum Gasteiger partial charge on any atom is 0.305 e. The van der Waals surface area contributed by atoms with Crippen LogP contribution in [0.1, 0.15) is 81.0 Å². The summed E-state index contributed by atoms with van der Waals surface area (Å²) in [5.41, 5.74) is 5.90. The van der Waals surface area contributed by atoms with E-state index in [0.29, 0.717) is 12.3 Å². The first-order valence-electron chi connectivity index (χ1n) is 10.4. The van der Waals surface area contributed by atoms with Crippen molar-refractivity contribution in [2.45, 2.75) is 90.3 Å². The van der Waals surface area contributed by atoms with Gasteiger partial charge in [-0.1, -0.05) is 26.0 Å². The Labute approximate surface area is 161 Å². The summed E-state index contributed by atoms with van der Waals surface area (Å²) in [5.74, 6) is 0.220. The fraction of sp³-hybridized carbons (Fsp3) is 0.652. The number of benzene rings is 1. The van der Waals surface area contributed by atoms with E-state index < -0.39 is 0 Å². The Morgan fingerprint density at radius 3 is 2.67 bits per heavy atom. The van der Waals surface area contributed by atoms with Crippen molar-refractivity contribution in [3.63, 3.8) is 0 Å². The van der Waals surface area contributed by atoms with Crippen molar-refractivity contribution in [1.29, 1.82) is 0 Å². The van der Waals surface area contributed by atoms with Gasteiger partial charge < -0.3 is 9.47 Å². The van der Waals surface area contributed by atoms with Gasteiger partial charge in [0.05, 0.1) is 0 Å². The molecule has 4 nitrogen and oxygen atoms in total. The SMILES string of the molecule is CCC(=O)OC1CC[C@H]2c3ccc4c(c3CC[C@]12C)CC[C@H](OC(C)=O)C4. The predicted molar refractivity (Wildman–Crippen MR) is 103 cm³/mol. The zero-order valence-electron chi connectivity index (χ0n) is 16.7. The molecule has 27 heavy (non-hydrogen) atoms. The molecule has 1 fully saturated rings. The molecule has 0 heterocycles. The maximum absolute atomic E-state index is 11.9. The summed E-state index contributed by atoms with van der Waals surface area (Å²) in [6, 6.07) is 4.55. The Hall–Kier alpha value is -1.84. The molecular weight excluding hydrogens is 340 g/mol. The molecule has 0 radical (unpaired) electrons. The Bertz CT molecular complexity index is 768. The van der Waals surface area contributed by atoms with Gasteiger partial charge in [0.1, 0.15) is 12.2 Å². The molecule has 146 valence electrons. The molecular formula is C23H30O4. The predicted octanol–water partition coefficient (Wildman–Crippen LogP) is 4.26. The molecule has 0 aromatic heterocycles. The highest BCUT2D eigenvalue weighted by molar-refractivity contribution is 5.69. The van der Waals surface area contributed by atoms with E-state index >= 15 is 0 Å². The first kappa shape index (κ1) is 18.5. The number of esters is 2. The Kier molecular flexibility index (Phi) is 4.77. The largest absolute Gasteiger partial charge is 0.462 e. The van der Waals surface area contributed by atoms with E-state index in [1.807, 2.05) is 6.92 Å². The fourth-order valence-corrected chi connectivity index (χ4v) is 5.75. The van der Waals surface area contributed by atoms with Gasteiger partial charge in [0, 0.05) is 25.2 Å². The number of hydrogen-bond donors (Lipinski definition) is 0. The molecule has 0 saturated heterocycles. The van der Waals surface area contributed by atoms with Gasteiger partial charge in [-0.15, -0.1) is 0 Å². The highest BCUT2D eigenvalue weighted by Crippen LogP contribution is 2.57. The van der Waals surface area contributed by atoms with Crippen LogP contribution in [0, 0.1) is 5.41 Å². The number of fused-ring (bicyclic) bond motifs is 5. The van der Waals surface area contributed by atoms with Crippen molar-refractivity contribution in [1.82, 2.24) is 0 Å². The van der Waals surface area contributed by atoms with Gasteiger partial charge in [-0.2, -0.15) is 0 Å². The number of rotatable bonds is 3. The molecule has 3 aliphatic rings. The minimum atomic E-state index is -0.184. The Morgan fingerprint density at radius 2 is 1.93 bits per heavy atom. The van der Waals surface area contributed by atoms with E-state index in [4.69, 9.17) is 9.47 Å². The number of carbonyl (C=O) groups is 2. The van der Waals surface area contributed by atoms with Crippen molar-refractivity contribution in [3.05, 3.63) is 34.4 Å². The average Bonchev–Trinajstić information content (AvgIpc) is 2.97. The van der Waals surface area contributed by atoms with Crippen LogP contribution >= 0.6 is 0 Å². The van der Waals surface area contributed by atoms with E-state index in [0.717, 1.165) is 44.9 Å². The second kappa shape index (κ2) is 6.96. The van der Waals surface area contributed by atoms with E-state index in [2.05, 4.69) is 19.1 Å². The summed E-state index contributed by atoms with van der Waals surface area (Å²) in [5, 5.41) is 0. The summed E-state index contributed by atoms with van der Waals surface area (Å²) < 4.78 is 11.3. The number of hydrogen-bond acceptors (Lipinski definition) is 4. The molecule has 1 aromatic rings. The minimum absolute atomic E-state index is 0.0197. The van der Waals surface area contributed by atoms with Gasteiger partial charge in [0.2, 0.25) is 0 Å². The highest BCUT2D eigenvalue weighted by atomic mass is 16.5. The summed E-state index contributed by atoms with van der Waals surface area (Å²) >= 11 is 0. The molecule has 0 amide bonds. The lowest BCUT2D eigenvalue weighted by molar-refractivity contribution is -0.154. The molecule has 3 aliphatic carbocycles. The second-order valence-corrected chi connectivity index (χ2v) is 8.71. The Morgan fingerprint density at radius 1 is 1.11 bits per heavy atom. The Balaban J connectivity index is 1.60. The first-order valence-corrected chi connectivity index (χ1v) is 10.4. The van der Waals surface area contributed by atoms with Crippen LogP contribution in [-0.2, 0) is 38.3 Å². The maximum atomic E-state index is 11.9. The summed E-state index contributed by atoms with van der Waals surface area (Å²) in [6.45, 7) is 5.67. The van der Waals surface area contributed by atoms with Crippen LogP contribution in [0.15, 0.2) is 12.1 Å². The molecule has 4 atom stereocenters. The van der Waals surface area contributed by atoms with E-state index in [1.54, 1.807) is 0 Å². The summed E-state index contributed by atoms with van der Waals surface area (Å²) in [4.78, 5) is 23.2. The molecule has 1 aromatic carbocycles. The van der Waals surface area contributed by atoms with Gasteiger partial charge in [0.25, 0.3) is 0 Å². The molecule has 0 aliphatic heterocycles. The molecule has 4 rings (SSSR count). The van der Waals surface area contributed by atoms with Gasteiger partial charge >= 0.3 is 11.9 Å². The van der Waals surface area contributed by atoms with Crippen LogP contribution in [0.5, 0.6) is 0 Å². The topological polar surface area (TPSA) is 52.6 Å². The number of ether oxygens (including phenoxy) is 2. The molecule has 0 spiro atoms. The molecule has 1 unspecified atom stereocenters. The van der Waals surface area contributed by atoms with Gasteiger partial charge in [0.15, 0.2) is 0 Å². The normalized spacial score (nSPS) is 31.4. The molecule has 4 heteroatoms. The van der Waals surface area contributed by atoms with Gasteiger partial charge in [-0.3, -0.25) is 9.59 Å². The average molecular weight is 370 g/mol. The van der Waals surface area contributed by atoms with Crippen LogP contribution in [-0.4, -0.2) is 24.1 Å². The van der Waals surface area contributed by atoms with Crippen LogP contribution < -0.4 is 0 Å². The standard InChI is InChI=1S/C23H30O4/c1-4-22(25)27-21-10-9-20-19-7-5-15-13-16(26-14(2)24)6-8-17(15)18(19)11-12-23(20,21)3/h5,7,16,20-21H,4,6,8-13H2,1-3H3/t16-,20-,21?,23-/m0/s1. The number of carbonyl (C=O) groups excluding carboxylic acids is 2. The smallest absolute Gasteiger partial charge is 0.305 e. The lowest BCUT2D eigenvalue weighted by Gasteiger charge is -2.42. The fourth-order valence-electron chi connectivity index (χ4n) is 5.75. The van der Waals surface area contributed by atoms with Gasteiger partial charge in [-0.25, -0.2) is 0 Å².